The van der Waals surface area contributed by atoms with Crippen molar-refractivity contribution in [3.63, 3.8) is 0 Å². The molecule has 5 heteroatoms. The van der Waals surface area contributed by atoms with Crippen molar-refractivity contribution in [1.29, 1.82) is 0 Å². The van der Waals surface area contributed by atoms with Gasteiger partial charge >= 0.3 is 5.97 Å². The fourth-order valence-electron chi connectivity index (χ4n) is 6.90. The number of anilines is 1. The molecule has 1 N–H and O–H groups in total. The molecule has 1 aromatic carbocycles. The lowest BCUT2D eigenvalue weighted by atomic mass is 9.52. The fourth-order valence-corrected chi connectivity index (χ4v) is 6.90. The largest absolute Gasteiger partial charge is 0.495 e. The minimum Gasteiger partial charge on any atom is -0.495 e. The molecule has 4 aliphatic rings. The Balaban J connectivity index is 1.66. The second-order valence-corrected chi connectivity index (χ2v) is 8.57. The van der Waals surface area contributed by atoms with E-state index in [1.165, 1.54) is 31.2 Å². The highest BCUT2D eigenvalue weighted by molar-refractivity contribution is 5.73. The number of nitrogens with zero attached hydrogens (tertiary/aromatic N) is 1. The van der Waals surface area contributed by atoms with Crippen molar-refractivity contribution in [2.75, 3.05) is 32.6 Å². The van der Waals surface area contributed by atoms with Crippen LogP contribution in [0.25, 0.3) is 0 Å². The maximum atomic E-state index is 12.3. The van der Waals surface area contributed by atoms with Crippen molar-refractivity contribution in [3.05, 3.63) is 23.8 Å². The molecule has 3 heterocycles. The first-order valence-corrected chi connectivity index (χ1v) is 9.89. The molecule has 3 fully saturated rings. The molecule has 1 spiro atoms. The Hall–Kier alpha value is -1.75. The first-order chi connectivity index (χ1) is 12.6. The first kappa shape index (κ1) is 16.4. The number of fused-ring (bicyclic) bond motifs is 1. The van der Waals surface area contributed by atoms with E-state index in [0.717, 1.165) is 38.1 Å². The van der Waals surface area contributed by atoms with Gasteiger partial charge in [0.25, 0.3) is 0 Å². The standard InChI is InChI=1S/C21H28N2O3/c1-25-15-6-3-5-14-18(15)22-16-7-9-20(13-17(24)26-2)8-4-11-23-12-10-21(14,16)19(20)23/h3,5-6,16,19,22H,4,7-13H2,1-2H3/t16-,19-,20-,21-/m1/s1. The molecule has 26 heavy (non-hydrogen) atoms. The van der Waals surface area contributed by atoms with Gasteiger partial charge in [0.15, 0.2) is 0 Å². The molecule has 140 valence electrons. The van der Waals surface area contributed by atoms with Crippen LogP contribution in [0, 0.1) is 5.41 Å². The summed E-state index contributed by atoms with van der Waals surface area (Å²) >= 11 is 0. The summed E-state index contributed by atoms with van der Waals surface area (Å²) in [7, 11) is 3.27. The summed E-state index contributed by atoms with van der Waals surface area (Å²) in [5.74, 6) is 0.892. The molecule has 0 aromatic heterocycles. The number of nitrogens with one attached hydrogen (secondary N) is 1. The number of esters is 1. The average molecular weight is 356 g/mol. The van der Waals surface area contributed by atoms with Gasteiger partial charge in [0.1, 0.15) is 5.75 Å². The number of methoxy groups -OCH3 is 2. The zero-order chi connectivity index (χ0) is 17.9. The molecule has 2 saturated heterocycles. The van der Waals surface area contributed by atoms with E-state index in [2.05, 4.69) is 28.4 Å². The highest BCUT2D eigenvalue weighted by Gasteiger charge is 2.67. The van der Waals surface area contributed by atoms with Gasteiger partial charge in [-0.1, -0.05) is 12.1 Å². The van der Waals surface area contributed by atoms with E-state index >= 15 is 0 Å². The zero-order valence-corrected chi connectivity index (χ0v) is 15.7. The third-order valence-electron chi connectivity index (χ3n) is 7.71. The van der Waals surface area contributed by atoms with Gasteiger partial charge in [-0.2, -0.15) is 0 Å². The number of para-hydroxylation sites is 1. The lowest BCUT2D eigenvalue weighted by Gasteiger charge is -2.57. The molecule has 0 bridgehead atoms. The van der Waals surface area contributed by atoms with Gasteiger partial charge in [0, 0.05) is 17.5 Å². The smallest absolute Gasteiger partial charge is 0.306 e. The third kappa shape index (κ3) is 1.92. The van der Waals surface area contributed by atoms with Crippen molar-refractivity contribution in [2.45, 2.75) is 56.0 Å². The molecule has 1 aliphatic carbocycles. The Morgan fingerprint density at radius 1 is 1.27 bits per heavy atom. The topological polar surface area (TPSA) is 50.8 Å². The van der Waals surface area contributed by atoms with Crippen LogP contribution in [0.2, 0.25) is 0 Å². The van der Waals surface area contributed by atoms with Gasteiger partial charge in [0.2, 0.25) is 0 Å². The van der Waals surface area contributed by atoms with Gasteiger partial charge in [-0.3, -0.25) is 9.69 Å². The molecule has 5 nitrogen and oxygen atoms in total. The van der Waals surface area contributed by atoms with Crippen LogP contribution in [-0.4, -0.2) is 50.3 Å². The van der Waals surface area contributed by atoms with Gasteiger partial charge in [-0.15, -0.1) is 0 Å². The molecule has 0 unspecified atom stereocenters. The molecule has 1 aromatic rings. The van der Waals surface area contributed by atoms with E-state index < -0.39 is 0 Å². The van der Waals surface area contributed by atoms with Crippen LogP contribution < -0.4 is 10.1 Å². The number of hydrogen-bond donors (Lipinski definition) is 1. The van der Waals surface area contributed by atoms with E-state index in [-0.39, 0.29) is 16.8 Å². The quantitative estimate of drug-likeness (QED) is 0.844. The third-order valence-corrected chi connectivity index (χ3v) is 7.71. The van der Waals surface area contributed by atoms with Crippen LogP contribution in [0.1, 0.15) is 44.1 Å². The summed E-state index contributed by atoms with van der Waals surface area (Å²) < 4.78 is 10.8. The number of rotatable bonds is 3. The van der Waals surface area contributed by atoms with Gasteiger partial charge in [-0.25, -0.2) is 0 Å². The average Bonchev–Trinajstić information content (AvgIpc) is 3.22. The van der Waals surface area contributed by atoms with Crippen LogP contribution in [0.4, 0.5) is 5.69 Å². The molecular formula is C21H28N2O3. The number of benzene rings is 1. The van der Waals surface area contributed by atoms with Crippen LogP contribution >= 0.6 is 0 Å². The molecule has 0 radical (unpaired) electrons. The summed E-state index contributed by atoms with van der Waals surface area (Å²) in [5.41, 5.74) is 2.73. The summed E-state index contributed by atoms with van der Waals surface area (Å²) in [6.45, 7) is 2.28. The number of carbonyl (C=O) groups excluding carboxylic acids is 1. The number of ether oxygens (including phenoxy) is 2. The molecule has 1 saturated carbocycles. The lowest BCUT2D eigenvalue weighted by Crippen LogP contribution is -2.63. The predicted molar refractivity (Wildman–Crippen MR) is 99.6 cm³/mol. The molecule has 3 aliphatic heterocycles. The highest BCUT2D eigenvalue weighted by atomic mass is 16.5. The van der Waals surface area contributed by atoms with E-state index in [0.29, 0.717) is 18.5 Å². The summed E-state index contributed by atoms with van der Waals surface area (Å²) in [6, 6.07) is 7.32. The van der Waals surface area contributed by atoms with Gasteiger partial charge in [-0.05, 0) is 62.2 Å². The van der Waals surface area contributed by atoms with Crippen molar-refractivity contribution >= 4 is 11.7 Å². The monoisotopic (exact) mass is 356 g/mol. The normalized spacial score (nSPS) is 37.3. The van der Waals surface area contributed by atoms with E-state index in [1.807, 2.05) is 0 Å². The van der Waals surface area contributed by atoms with Crippen LogP contribution in [-0.2, 0) is 14.9 Å². The molecule has 5 rings (SSSR count). The summed E-state index contributed by atoms with van der Waals surface area (Å²) in [5, 5.41) is 3.82. The van der Waals surface area contributed by atoms with Gasteiger partial charge in [0.05, 0.1) is 26.3 Å². The Kier molecular flexibility index (Phi) is 3.55. The molecular weight excluding hydrogens is 328 g/mol. The summed E-state index contributed by atoms with van der Waals surface area (Å²) in [4.78, 5) is 15.0. The van der Waals surface area contributed by atoms with Gasteiger partial charge < -0.3 is 14.8 Å². The van der Waals surface area contributed by atoms with E-state index in [1.54, 1.807) is 7.11 Å². The second kappa shape index (κ2) is 5.62. The number of piperidine rings is 1. The van der Waals surface area contributed by atoms with Crippen molar-refractivity contribution in [3.8, 4) is 5.75 Å². The number of hydrogen-bond acceptors (Lipinski definition) is 5. The SMILES string of the molecule is COC(=O)C[C@@]12CCCN3CC[C@]4(c5cccc(OC)c5N[C@@H]4CC1)[C@H]32. The maximum absolute atomic E-state index is 12.3. The Bertz CT molecular complexity index is 751. The molecule has 0 amide bonds. The Labute approximate surface area is 155 Å². The van der Waals surface area contributed by atoms with Crippen LogP contribution in [0.15, 0.2) is 18.2 Å². The second-order valence-electron chi connectivity index (χ2n) is 8.57. The van der Waals surface area contributed by atoms with E-state index in [4.69, 9.17) is 9.47 Å². The van der Waals surface area contributed by atoms with Crippen LogP contribution in [0.5, 0.6) is 5.75 Å². The zero-order valence-electron chi connectivity index (χ0n) is 15.7. The Morgan fingerprint density at radius 3 is 2.96 bits per heavy atom. The van der Waals surface area contributed by atoms with Crippen molar-refractivity contribution < 1.29 is 14.3 Å². The Morgan fingerprint density at radius 2 is 2.15 bits per heavy atom. The predicted octanol–water partition coefficient (Wildman–Crippen LogP) is 2.94. The number of carbonyl (C=O) groups is 1. The minimum atomic E-state index is -0.0517. The first-order valence-electron chi connectivity index (χ1n) is 9.89. The summed E-state index contributed by atoms with van der Waals surface area (Å²) in [6.07, 6.45) is 6.25. The maximum Gasteiger partial charge on any atom is 0.306 e. The van der Waals surface area contributed by atoms with Crippen LogP contribution in [0.3, 0.4) is 0 Å². The highest BCUT2D eigenvalue weighted by Crippen LogP contribution is 2.64. The van der Waals surface area contributed by atoms with Crippen molar-refractivity contribution in [2.24, 2.45) is 5.41 Å². The minimum absolute atomic E-state index is 0.0463. The van der Waals surface area contributed by atoms with E-state index in [9.17, 15) is 4.79 Å². The lowest BCUT2D eigenvalue weighted by molar-refractivity contribution is -0.148. The van der Waals surface area contributed by atoms with Crippen molar-refractivity contribution in [1.82, 2.24) is 4.90 Å². The fraction of sp³-hybridized carbons (Fsp3) is 0.667. The molecule has 4 atom stereocenters.